The first-order valence-corrected chi connectivity index (χ1v) is 13.5. The van der Waals surface area contributed by atoms with E-state index in [9.17, 15) is 67.7 Å². The van der Waals surface area contributed by atoms with E-state index in [1.807, 2.05) is 0 Å². The third kappa shape index (κ3) is 10.1. The molecule has 5 nitrogen and oxygen atoms in total. The summed E-state index contributed by atoms with van der Waals surface area (Å²) in [5.74, 6) is -2.36. The van der Waals surface area contributed by atoms with Crippen molar-refractivity contribution in [3.63, 3.8) is 0 Å². The number of halogens is 12. The Morgan fingerprint density at radius 2 is 1.00 bits per heavy atom. The van der Waals surface area contributed by atoms with Gasteiger partial charge in [-0.1, -0.05) is 45.1 Å². The minimum Gasteiger partial charge on any atom is -0.459 e. The van der Waals surface area contributed by atoms with E-state index in [1.165, 1.54) is 6.92 Å². The summed E-state index contributed by atoms with van der Waals surface area (Å²) in [6, 6.07) is 0. The molecule has 0 aromatic heterocycles. The van der Waals surface area contributed by atoms with Gasteiger partial charge in [-0.2, -0.15) is 52.7 Å². The lowest BCUT2D eigenvalue weighted by Gasteiger charge is -2.38. The quantitative estimate of drug-likeness (QED) is 0.143. The van der Waals surface area contributed by atoms with Gasteiger partial charge in [0.05, 0.1) is 6.10 Å². The number of hydrogen-bond acceptors (Lipinski definition) is 5. The second-order valence-corrected chi connectivity index (χ2v) is 11.2. The zero-order chi connectivity index (χ0) is 33.7. The third-order valence-electron chi connectivity index (χ3n) is 7.85. The molecule has 0 radical (unpaired) electrons. The highest BCUT2D eigenvalue weighted by Crippen LogP contribution is 2.49. The molecule has 0 heterocycles. The van der Waals surface area contributed by atoms with Gasteiger partial charge in [0.25, 0.3) is 11.2 Å². The zero-order valence-electron chi connectivity index (χ0n) is 23.2. The molecule has 2 fully saturated rings. The van der Waals surface area contributed by atoms with Crippen molar-refractivity contribution in [2.45, 2.75) is 132 Å². The van der Waals surface area contributed by atoms with Crippen LogP contribution in [0.15, 0.2) is 12.2 Å². The molecule has 3 N–H and O–H groups in total. The van der Waals surface area contributed by atoms with Crippen LogP contribution in [-0.4, -0.2) is 69.4 Å². The average Bonchev–Trinajstić information content (AvgIpc) is 2.86. The van der Waals surface area contributed by atoms with Crippen LogP contribution < -0.4 is 0 Å². The van der Waals surface area contributed by atoms with Crippen molar-refractivity contribution < 1.29 is 77.5 Å². The summed E-state index contributed by atoms with van der Waals surface area (Å²) < 4.78 is 157. The Kier molecular flexibility index (Phi) is 13.3. The molecule has 0 spiro atoms. The normalized spacial score (nSPS) is 20.1. The van der Waals surface area contributed by atoms with Crippen molar-refractivity contribution in [3.05, 3.63) is 12.2 Å². The Hall–Kier alpha value is -1.75. The predicted molar refractivity (Wildman–Crippen MR) is 127 cm³/mol. The van der Waals surface area contributed by atoms with Gasteiger partial charge in [-0.3, -0.25) is 0 Å². The molecule has 0 aromatic carbocycles. The summed E-state index contributed by atoms with van der Waals surface area (Å²) in [5.41, 5.74) is -9.92. The first-order valence-electron chi connectivity index (χ1n) is 13.5. The highest BCUT2D eigenvalue weighted by Gasteiger charge is 2.72. The maximum atomic E-state index is 12.9. The van der Waals surface area contributed by atoms with Gasteiger partial charge in [-0.15, -0.1) is 0 Å². The van der Waals surface area contributed by atoms with Gasteiger partial charge in [-0.25, -0.2) is 4.79 Å². The first-order chi connectivity index (χ1) is 19.3. The number of esters is 1. The Balaban J connectivity index is 0.000000442. The van der Waals surface area contributed by atoms with Crippen molar-refractivity contribution in [2.24, 2.45) is 11.8 Å². The average molecular weight is 657 g/mol. The van der Waals surface area contributed by atoms with Crippen LogP contribution in [0.4, 0.5) is 52.7 Å². The molecule has 0 aromatic rings. The number of carbonyl (C=O) groups is 1. The topological polar surface area (TPSA) is 87.0 Å². The van der Waals surface area contributed by atoms with Gasteiger partial charge in [-0.05, 0) is 44.4 Å². The molecular formula is C26H36F12O5. The lowest BCUT2D eigenvalue weighted by Crippen LogP contribution is -2.59. The molecule has 0 saturated heterocycles. The van der Waals surface area contributed by atoms with Gasteiger partial charge in [0.15, 0.2) is 0 Å². The van der Waals surface area contributed by atoms with E-state index in [0.717, 1.165) is 12.8 Å². The van der Waals surface area contributed by atoms with E-state index < -0.39 is 78.8 Å². The molecule has 2 saturated carbocycles. The largest absolute Gasteiger partial charge is 0.459 e. The second-order valence-electron chi connectivity index (χ2n) is 11.2. The highest BCUT2D eigenvalue weighted by molar-refractivity contribution is 5.87. The fraction of sp³-hybridized carbons (Fsp3) is 0.885. The molecule has 2 rings (SSSR count). The van der Waals surface area contributed by atoms with Crippen molar-refractivity contribution in [1.82, 2.24) is 0 Å². The lowest BCUT2D eigenvalue weighted by atomic mass is 9.80. The van der Waals surface area contributed by atoms with E-state index in [2.05, 4.69) is 6.58 Å². The Morgan fingerprint density at radius 3 is 1.33 bits per heavy atom. The summed E-state index contributed by atoms with van der Waals surface area (Å²) in [5, 5.41) is 27.9. The molecule has 2 atom stereocenters. The Labute approximate surface area is 240 Å². The molecule has 2 aliphatic carbocycles. The minimum absolute atomic E-state index is 0.140. The van der Waals surface area contributed by atoms with E-state index in [-0.39, 0.29) is 5.57 Å². The van der Waals surface area contributed by atoms with Gasteiger partial charge >= 0.3 is 30.7 Å². The molecule has 0 bridgehead atoms. The summed E-state index contributed by atoms with van der Waals surface area (Å²) in [4.78, 5) is 11.6. The fourth-order valence-corrected chi connectivity index (χ4v) is 5.11. The van der Waals surface area contributed by atoms with Crippen molar-refractivity contribution in [2.75, 3.05) is 0 Å². The van der Waals surface area contributed by atoms with Gasteiger partial charge in [0.2, 0.25) is 0 Å². The van der Waals surface area contributed by atoms with Crippen LogP contribution in [0.5, 0.6) is 0 Å². The molecule has 0 aliphatic heterocycles. The SMILES string of the molecule is C=C(C)C(=O)OC(CC(O)(C(F)(F)F)C(F)(F)F)C1CCCCC1.OC(CC(O)(C(F)(F)F)C(F)(F)F)C1CCCCC1. The minimum atomic E-state index is -5.94. The van der Waals surface area contributed by atoms with Crippen LogP contribution in [0.25, 0.3) is 0 Å². The molecular weight excluding hydrogens is 620 g/mol. The van der Waals surface area contributed by atoms with Crippen molar-refractivity contribution in [3.8, 4) is 0 Å². The molecule has 254 valence electrons. The number of aliphatic hydroxyl groups is 3. The molecule has 2 aliphatic rings. The summed E-state index contributed by atoms with van der Waals surface area (Å²) in [6.07, 6.45) is -25.0. The standard InChI is InChI=1S/C15H20F6O3.C11H16F6O2/c1-9(2)12(22)24-11(10-6-4-3-5-7-10)8-13(23,14(16,17)18)15(19,20)21;12-10(13,14)9(19,11(15,16)17)6-8(18)7-4-2-1-3-5-7/h10-11,23H,1,3-8H2,2H3;7-8,18-19H,1-6H2. The third-order valence-corrected chi connectivity index (χ3v) is 7.85. The number of rotatable bonds is 8. The number of carbonyl (C=O) groups excluding carboxylic acids is 1. The molecule has 0 amide bonds. The fourth-order valence-electron chi connectivity index (χ4n) is 5.11. The van der Waals surface area contributed by atoms with Crippen LogP contribution in [0.2, 0.25) is 0 Å². The van der Waals surface area contributed by atoms with Gasteiger partial charge in [0.1, 0.15) is 6.10 Å². The maximum absolute atomic E-state index is 12.9. The smallest absolute Gasteiger partial charge is 0.426 e. The highest BCUT2D eigenvalue weighted by atomic mass is 19.4. The van der Waals surface area contributed by atoms with E-state index in [1.54, 1.807) is 0 Å². The Morgan fingerprint density at radius 1 is 0.674 bits per heavy atom. The van der Waals surface area contributed by atoms with E-state index >= 15 is 0 Å². The summed E-state index contributed by atoms with van der Waals surface area (Å²) in [6.45, 7) is 4.50. The van der Waals surface area contributed by atoms with Crippen LogP contribution >= 0.6 is 0 Å². The predicted octanol–water partition coefficient (Wildman–Crippen LogP) is 7.47. The van der Waals surface area contributed by atoms with Crippen LogP contribution in [0, 0.1) is 11.8 Å². The van der Waals surface area contributed by atoms with Gasteiger partial charge in [0, 0.05) is 18.4 Å². The maximum Gasteiger partial charge on any atom is 0.426 e. The molecule has 2 unspecified atom stereocenters. The molecule has 43 heavy (non-hydrogen) atoms. The summed E-state index contributed by atoms with van der Waals surface area (Å²) in [7, 11) is 0. The van der Waals surface area contributed by atoms with Crippen LogP contribution in [0.1, 0.15) is 84.0 Å². The first kappa shape index (κ1) is 39.3. The van der Waals surface area contributed by atoms with Crippen LogP contribution in [0.3, 0.4) is 0 Å². The molecule has 17 heteroatoms. The van der Waals surface area contributed by atoms with E-state index in [4.69, 9.17) is 9.84 Å². The Bertz CT molecular complexity index is 870. The number of ether oxygens (including phenoxy) is 1. The van der Waals surface area contributed by atoms with Gasteiger partial charge < -0.3 is 20.1 Å². The number of alkyl halides is 12. The number of aliphatic hydroxyl groups excluding tert-OH is 1. The monoisotopic (exact) mass is 656 g/mol. The zero-order valence-corrected chi connectivity index (χ0v) is 23.2. The van der Waals surface area contributed by atoms with Crippen molar-refractivity contribution >= 4 is 5.97 Å². The number of hydrogen-bond donors (Lipinski definition) is 3. The second kappa shape index (κ2) is 14.6. The van der Waals surface area contributed by atoms with E-state index in [0.29, 0.717) is 51.4 Å². The lowest BCUT2D eigenvalue weighted by molar-refractivity contribution is -0.375. The summed E-state index contributed by atoms with van der Waals surface area (Å²) >= 11 is 0. The van der Waals surface area contributed by atoms with Crippen LogP contribution in [-0.2, 0) is 9.53 Å². The van der Waals surface area contributed by atoms with Crippen molar-refractivity contribution in [1.29, 1.82) is 0 Å².